The van der Waals surface area contributed by atoms with E-state index in [0.717, 1.165) is 41.5 Å². The molecule has 18 nitrogen and oxygen atoms in total. The molecular weight excluding hydrogens is 643 g/mol. The van der Waals surface area contributed by atoms with Gasteiger partial charge in [0.1, 0.15) is 25.4 Å². The zero-order valence-corrected chi connectivity index (χ0v) is 25.9. The Kier molecular flexibility index (Phi) is 13.4. The van der Waals surface area contributed by atoms with Crippen LogP contribution in [-0.2, 0) is 66.7 Å². The van der Waals surface area contributed by atoms with Gasteiger partial charge in [0.05, 0.1) is 0 Å². The molecule has 2 saturated heterocycles. The minimum Gasteiger partial charge on any atom is -0.567 e. The maximum absolute atomic E-state index is 13.7. The summed E-state index contributed by atoms with van der Waals surface area (Å²) >= 11 is 12.7. The second-order valence-electron chi connectivity index (χ2n) is 9.54. The molecule has 0 bridgehead atoms. The van der Waals surface area contributed by atoms with Gasteiger partial charge in [0.2, 0.25) is 23.3 Å². The summed E-state index contributed by atoms with van der Waals surface area (Å²) in [6, 6.07) is -3.94. The lowest BCUT2D eigenvalue weighted by Gasteiger charge is -2.41. The van der Waals surface area contributed by atoms with Gasteiger partial charge >= 0.3 is 47.9 Å². The van der Waals surface area contributed by atoms with E-state index in [2.05, 4.69) is 0 Å². The molecule has 0 saturated carbocycles. The van der Waals surface area contributed by atoms with Crippen LogP contribution in [0.2, 0.25) is 0 Å². The summed E-state index contributed by atoms with van der Waals surface area (Å²) in [5.41, 5.74) is -3.57. The van der Waals surface area contributed by atoms with E-state index in [4.69, 9.17) is 61.1 Å². The molecule has 248 valence electrons. The minimum atomic E-state index is -1.97. The Hall–Kier alpha value is -3.48. The van der Waals surface area contributed by atoms with Gasteiger partial charge in [-0.3, -0.25) is 28.8 Å². The van der Waals surface area contributed by atoms with Crippen LogP contribution in [0.15, 0.2) is 0 Å². The van der Waals surface area contributed by atoms with Gasteiger partial charge in [0, 0.05) is 51.3 Å². The predicted octanol–water partition coefficient (Wildman–Crippen LogP) is -0.0232. The number of nitrogens with zero attached hydrogens (tertiary/aromatic N) is 2. The van der Waals surface area contributed by atoms with E-state index < -0.39 is 109 Å². The van der Waals surface area contributed by atoms with Gasteiger partial charge in [-0.15, -0.1) is 0 Å². The van der Waals surface area contributed by atoms with Crippen molar-refractivity contribution < 1.29 is 76.4 Å². The molecule has 44 heavy (non-hydrogen) atoms. The van der Waals surface area contributed by atoms with Crippen LogP contribution < -0.4 is 0 Å². The van der Waals surface area contributed by atoms with Crippen LogP contribution in [0, 0.1) is 10.4 Å². The Morgan fingerprint density at radius 1 is 0.545 bits per heavy atom. The topological polar surface area (TPSA) is 228 Å². The van der Waals surface area contributed by atoms with Crippen LogP contribution in [0.25, 0.3) is 0 Å². The normalized spacial score (nSPS) is 32.3. The standard InChI is InChI=1S/C24H32Cl2N2O16/c1-9(29)37-7-15-19(39-11(3)31)21(41-13(5)33)17(23(25)43-15)27(35)28(36)18-22(42-14(6)34)20(40-12(4)32)16(44-24(18)26)8-38-10(2)30/h15-24H,7-8H2,1-6H3/b28-27+/t15-,16-,17-,18-,19-,20-,21-,22-,23+,24+/m1/s1. The molecule has 2 heterocycles. The van der Waals surface area contributed by atoms with E-state index in [-0.39, 0.29) is 9.72 Å². The highest BCUT2D eigenvalue weighted by Crippen LogP contribution is 2.34. The molecule has 0 aromatic carbocycles. The third-order valence-corrected chi connectivity index (χ3v) is 6.74. The summed E-state index contributed by atoms with van der Waals surface area (Å²) in [5, 5.41) is 27.4. The van der Waals surface area contributed by atoms with Gasteiger partial charge in [-0.2, -0.15) is 0 Å². The van der Waals surface area contributed by atoms with E-state index in [9.17, 15) is 39.2 Å². The molecule has 0 radical (unpaired) electrons. The van der Waals surface area contributed by atoms with Crippen molar-refractivity contribution in [2.75, 3.05) is 13.2 Å². The van der Waals surface area contributed by atoms with Crippen LogP contribution in [-0.4, -0.2) is 119 Å². The van der Waals surface area contributed by atoms with Gasteiger partial charge in [-0.25, -0.2) is 0 Å². The van der Waals surface area contributed by atoms with Crippen molar-refractivity contribution in [3.8, 4) is 0 Å². The van der Waals surface area contributed by atoms with Gasteiger partial charge < -0.3 is 48.3 Å². The number of ether oxygens (including phenoxy) is 8. The Bertz CT molecular complexity index is 1070. The van der Waals surface area contributed by atoms with Gasteiger partial charge in [-0.1, -0.05) is 23.2 Å². The lowest BCUT2D eigenvalue weighted by Crippen LogP contribution is -2.66. The molecule has 10 atom stereocenters. The summed E-state index contributed by atoms with van der Waals surface area (Å²) in [7, 11) is 0. The number of hydroxylamine groups is 2. The molecule has 2 rings (SSSR count). The molecule has 0 spiro atoms. The van der Waals surface area contributed by atoms with Crippen LogP contribution in [0.5, 0.6) is 0 Å². The van der Waals surface area contributed by atoms with Gasteiger partial charge in [0.15, 0.2) is 12.2 Å². The molecular formula is C24H32Cl2N2O16. The van der Waals surface area contributed by atoms with Crippen molar-refractivity contribution in [3.05, 3.63) is 10.4 Å². The highest BCUT2D eigenvalue weighted by atomic mass is 35.5. The van der Waals surface area contributed by atoms with Crippen molar-refractivity contribution in [1.29, 1.82) is 0 Å². The maximum Gasteiger partial charge on any atom is 0.308 e. The van der Waals surface area contributed by atoms with Crippen molar-refractivity contribution in [1.82, 2.24) is 0 Å². The summed E-state index contributed by atoms with van der Waals surface area (Å²) in [4.78, 5) is 70.0. The average Bonchev–Trinajstić information content (AvgIpc) is 2.88. The quantitative estimate of drug-likeness (QED) is 0.0740. The number of carbonyl (C=O) groups is 6. The predicted molar refractivity (Wildman–Crippen MR) is 139 cm³/mol. The van der Waals surface area contributed by atoms with Crippen molar-refractivity contribution >= 4 is 59.0 Å². The molecule has 2 fully saturated rings. The fraction of sp³-hybridized carbons (Fsp3) is 0.750. The molecule has 0 aliphatic carbocycles. The van der Waals surface area contributed by atoms with Gasteiger partial charge in [0.25, 0.3) is 0 Å². The number of azo groups is 1. The third kappa shape index (κ3) is 9.76. The van der Waals surface area contributed by atoms with Crippen molar-refractivity contribution in [3.63, 3.8) is 0 Å². The molecule has 0 aromatic heterocycles. The van der Waals surface area contributed by atoms with E-state index >= 15 is 0 Å². The number of rotatable bonds is 10. The number of carbonyl (C=O) groups excluding carboxylic acids is 6. The fourth-order valence-corrected chi connectivity index (χ4v) is 5.21. The smallest absolute Gasteiger partial charge is 0.308 e. The fourth-order valence-electron chi connectivity index (χ4n) is 4.47. The number of hydrogen-bond acceptors (Lipinski definition) is 16. The number of halogens is 2. The average molecular weight is 675 g/mol. The lowest BCUT2D eigenvalue weighted by atomic mass is 9.97. The molecule has 0 aromatic rings. The Morgan fingerprint density at radius 2 is 0.818 bits per heavy atom. The maximum atomic E-state index is 13.7. The van der Waals surface area contributed by atoms with E-state index in [1.165, 1.54) is 0 Å². The number of alkyl halides is 2. The van der Waals surface area contributed by atoms with Crippen LogP contribution in [0.4, 0.5) is 0 Å². The first-order chi connectivity index (χ1) is 20.4. The minimum absolute atomic E-state index is 0.360. The molecule has 2 aliphatic rings. The second-order valence-corrected chi connectivity index (χ2v) is 10.4. The monoisotopic (exact) mass is 674 g/mol. The zero-order valence-electron chi connectivity index (χ0n) is 24.4. The zero-order chi connectivity index (χ0) is 33.5. The number of esters is 6. The SMILES string of the molecule is CC(=O)OC[C@H]1O[C@H](Cl)[C@H](/[N+]([O-])=[N+](\[O-])[C@@H]2[C@@H](OC(C)=O)[C@H](OC(C)=O)[C@@H](COC(C)=O)O[C@@H]2Cl)[C@@H](OC(C)=O)[C@@H]1OC(C)=O. The van der Waals surface area contributed by atoms with E-state index in [1.54, 1.807) is 0 Å². The molecule has 2 aliphatic heterocycles. The summed E-state index contributed by atoms with van der Waals surface area (Å²) in [6.45, 7) is 4.96. The van der Waals surface area contributed by atoms with E-state index in [1.807, 2.05) is 0 Å². The Labute approximate surface area is 260 Å². The molecule has 0 N–H and O–H groups in total. The Morgan fingerprint density at radius 3 is 1.07 bits per heavy atom. The van der Waals surface area contributed by atoms with Crippen LogP contribution in [0.1, 0.15) is 41.5 Å². The first-order valence-corrected chi connectivity index (χ1v) is 13.8. The highest BCUT2D eigenvalue weighted by Gasteiger charge is 2.61. The van der Waals surface area contributed by atoms with Crippen LogP contribution in [0.3, 0.4) is 0 Å². The van der Waals surface area contributed by atoms with Crippen molar-refractivity contribution in [2.45, 2.75) is 101 Å². The second kappa shape index (κ2) is 16.0. The van der Waals surface area contributed by atoms with E-state index in [0.29, 0.717) is 0 Å². The summed E-state index contributed by atoms with van der Waals surface area (Å²) in [6.07, 6.45) is -9.56. The molecule has 0 amide bonds. The summed E-state index contributed by atoms with van der Waals surface area (Å²) in [5.74, 6) is -5.33. The lowest BCUT2D eigenvalue weighted by molar-refractivity contribution is -1.00. The molecule has 0 unspecified atom stereocenters. The van der Waals surface area contributed by atoms with Crippen LogP contribution >= 0.6 is 23.2 Å². The first kappa shape index (κ1) is 36.7. The first-order valence-electron chi connectivity index (χ1n) is 12.9. The van der Waals surface area contributed by atoms with Gasteiger partial charge in [-0.05, 0) is 0 Å². The number of hydrogen-bond donors (Lipinski definition) is 0. The highest BCUT2D eigenvalue weighted by molar-refractivity contribution is 6.20. The molecule has 20 heteroatoms. The third-order valence-electron chi connectivity index (χ3n) is 6.01. The Balaban J connectivity index is 2.65. The summed E-state index contributed by atoms with van der Waals surface area (Å²) < 4.78 is 41.9. The van der Waals surface area contributed by atoms with Crippen molar-refractivity contribution in [2.24, 2.45) is 0 Å². The largest absolute Gasteiger partial charge is 0.567 e.